The first-order valence-corrected chi connectivity index (χ1v) is 6.69. The normalized spacial score (nSPS) is 10.4. The molecule has 2 rings (SSSR count). The maximum atomic E-state index is 5.81. The van der Waals surface area contributed by atoms with Gasteiger partial charge in [0.2, 0.25) is 0 Å². The fourth-order valence-corrected chi connectivity index (χ4v) is 1.90. The molecule has 0 aliphatic heterocycles. The SMILES string of the molecule is CCNc1nc(-c2ccc(Cl)cn2)nc(C)c1Br. The van der Waals surface area contributed by atoms with Gasteiger partial charge < -0.3 is 5.32 Å². The highest BCUT2D eigenvalue weighted by molar-refractivity contribution is 9.10. The molecule has 0 saturated heterocycles. The Kier molecular flexibility index (Phi) is 4.14. The van der Waals surface area contributed by atoms with Gasteiger partial charge in [0, 0.05) is 12.7 Å². The summed E-state index contributed by atoms with van der Waals surface area (Å²) in [5.74, 6) is 1.36. The fourth-order valence-electron chi connectivity index (χ4n) is 1.47. The number of nitrogens with one attached hydrogen (secondary N) is 1. The van der Waals surface area contributed by atoms with Crippen molar-refractivity contribution in [2.75, 3.05) is 11.9 Å². The molecule has 0 unspecified atom stereocenters. The maximum absolute atomic E-state index is 5.81. The molecule has 0 saturated carbocycles. The third-order valence-electron chi connectivity index (χ3n) is 2.32. The smallest absolute Gasteiger partial charge is 0.180 e. The van der Waals surface area contributed by atoms with Crippen molar-refractivity contribution in [2.45, 2.75) is 13.8 Å². The highest BCUT2D eigenvalue weighted by Crippen LogP contribution is 2.26. The number of halogens is 2. The molecular formula is C12H12BrClN4. The average Bonchev–Trinajstić information content (AvgIpc) is 2.36. The first-order valence-electron chi connectivity index (χ1n) is 5.51. The largest absolute Gasteiger partial charge is 0.369 e. The predicted molar refractivity (Wildman–Crippen MR) is 76.9 cm³/mol. The van der Waals surface area contributed by atoms with Gasteiger partial charge in [-0.1, -0.05) is 11.6 Å². The van der Waals surface area contributed by atoms with Gasteiger partial charge in [-0.25, -0.2) is 9.97 Å². The summed E-state index contributed by atoms with van der Waals surface area (Å²) in [6.07, 6.45) is 1.59. The van der Waals surface area contributed by atoms with E-state index in [4.69, 9.17) is 11.6 Å². The van der Waals surface area contributed by atoms with E-state index in [0.29, 0.717) is 16.5 Å². The van der Waals surface area contributed by atoms with Crippen LogP contribution < -0.4 is 5.32 Å². The fraction of sp³-hybridized carbons (Fsp3) is 0.250. The number of rotatable bonds is 3. The van der Waals surface area contributed by atoms with Crippen LogP contribution >= 0.6 is 27.5 Å². The molecule has 2 aromatic heterocycles. The van der Waals surface area contributed by atoms with Crippen molar-refractivity contribution in [1.82, 2.24) is 15.0 Å². The number of hydrogen-bond donors (Lipinski definition) is 1. The van der Waals surface area contributed by atoms with Crippen LogP contribution in [0, 0.1) is 6.92 Å². The maximum Gasteiger partial charge on any atom is 0.180 e. The second-order valence-corrected chi connectivity index (χ2v) is 4.92. The van der Waals surface area contributed by atoms with Crippen LogP contribution in [-0.4, -0.2) is 21.5 Å². The standard InChI is InChI=1S/C12H12BrClN4/c1-3-15-12-10(13)7(2)17-11(18-12)9-5-4-8(14)6-16-9/h4-6H,3H2,1-2H3,(H,15,17,18). The van der Waals surface area contributed by atoms with Crippen LogP contribution in [0.5, 0.6) is 0 Å². The zero-order chi connectivity index (χ0) is 13.1. The predicted octanol–water partition coefficient (Wildman–Crippen LogP) is 3.69. The van der Waals surface area contributed by atoms with E-state index in [0.717, 1.165) is 22.5 Å². The van der Waals surface area contributed by atoms with E-state index in [1.165, 1.54) is 0 Å². The summed E-state index contributed by atoms with van der Waals surface area (Å²) in [5.41, 5.74) is 1.57. The van der Waals surface area contributed by atoms with E-state index < -0.39 is 0 Å². The summed E-state index contributed by atoms with van der Waals surface area (Å²) < 4.78 is 0.877. The Bertz CT molecular complexity index is 557. The molecule has 0 fully saturated rings. The van der Waals surface area contributed by atoms with E-state index in [-0.39, 0.29) is 0 Å². The molecule has 0 spiro atoms. The Morgan fingerprint density at radius 1 is 1.33 bits per heavy atom. The highest BCUT2D eigenvalue weighted by atomic mass is 79.9. The first kappa shape index (κ1) is 13.2. The van der Waals surface area contributed by atoms with E-state index in [2.05, 4.69) is 36.2 Å². The summed E-state index contributed by atoms with van der Waals surface area (Å²) in [6.45, 7) is 4.73. The zero-order valence-electron chi connectivity index (χ0n) is 10.0. The number of aryl methyl sites for hydroxylation is 1. The topological polar surface area (TPSA) is 50.7 Å². The second kappa shape index (κ2) is 5.63. The molecule has 2 heterocycles. The molecule has 94 valence electrons. The Labute approximate surface area is 119 Å². The van der Waals surface area contributed by atoms with Gasteiger partial charge in [-0.2, -0.15) is 0 Å². The van der Waals surface area contributed by atoms with Gasteiger partial charge in [-0.05, 0) is 41.9 Å². The minimum absolute atomic E-state index is 0.586. The molecule has 18 heavy (non-hydrogen) atoms. The van der Waals surface area contributed by atoms with Gasteiger partial charge >= 0.3 is 0 Å². The molecule has 4 nitrogen and oxygen atoms in total. The average molecular weight is 328 g/mol. The molecule has 0 aliphatic carbocycles. The van der Waals surface area contributed by atoms with Crippen LogP contribution in [0.2, 0.25) is 5.02 Å². The van der Waals surface area contributed by atoms with Gasteiger partial charge in [0.1, 0.15) is 11.5 Å². The third kappa shape index (κ3) is 2.79. The van der Waals surface area contributed by atoms with Gasteiger partial charge in [0.15, 0.2) is 5.82 Å². The number of hydrogen-bond acceptors (Lipinski definition) is 4. The monoisotopic (exact) mass is 326 g/mol. The van der Waals surface area contributed by atoms with Crippen molar-refractivity contribution in [1.29, 1.82) is 0 Å². The Morgan fingerprint density at radius 2 is 2.11 bits per heavy atom. The van der Waals surface area contributed by atoms with Crippen LogP contribution in [0.3, 0.4) is 0 Å². The summed E-state index contributed by atoms with van der Waals surface area (Å²) >= 11 is 9.28. The molecule has 0 atom stereocenters. The van der Waals surface area contributed by atoms with Crippen LogP contribution in [0.4, 0.5) is 5.82 Å². The summed E-state index contributed by atoms with van der Waals surface area (Å²) in [4.78, 5) is 13.1. The minimum Gasteiger partial charge on any atom is -0.369 e. The van der Waals surface area contributed by atoms with Crippen LogP contribution in [0.25, 0.3) is 11.5 Å². The van der Waals surface area contributed by atoms with E-state index >= 15 is 0 Å². The van der Waals surface area contributed by atoms with Crippen molar-refractivity contribution >= 4 is 33.3 Å². The Morgan fingerprint density at radius 3 is 2.72 bits per heavy atom. The quantitative estimate of drug-likeness (QED) is 0.934. The number of aromatic nitrogens is 3. The first-order chi connectivity index (χ1) is 8.61. The van der Waals surface area contributed by atoms with E-state index in [1.807, 2.05) is 13.8 Å². The third-order valence-corrected chi connectivity index (χ3v) is 3.49. The van der Waals surface area contributed by atoms with Crippen LogP contribution in [0.15, 0.2) is 22.8 Å². The molecule has 0 aromatic carbocycles. The molecule has 6 heteroatoms. The van der Waals surface area contributed by atoms with Crippen molar-refractivity contribution < 1.29 is 0 Å². The van der Waals surface area contributed by atoms with Crippen molar-refractivity contribution in [3.05, 3.63) is 33.5 Å². The lowest BCUT2D eigenvalue weighted by atomic mass is 10.3. The minimum atomic E-state index is 0.586. The van der Waals surface area contributed by atoms with Gasteiger partial charge in [-0.3, -0.25) is 4.98 Å². The second-order valence-electron chi connectivity index (χ2n) is 3.69. The number of nitrogens with zero attached hydrogens (tertiary/aromatic N) is 3. The Hall–Kier alpha value is -1.20. The lowest BCUT2D eigenvalue weighted by molar-refractivity contribution is 1.05. The van der Waals surface area contributed by atoms with Crippen LogP contribution in [0.1, 0.15) is 12.6 Å². The summed E-state index contributed by atoms with van der Waals surface area (Å²) in [5, 5.41) is 3.78. The molecule has 0 amide bonds. The van der Waals surface area contributed by atoms with Gasteiger partial charge in [-0.15, -0.1) is 0 Å². The van der Waals surface area contributed by atoms with Crippen molar-refractivity contribution in [2.24, 2.45) is 0 Å². The van der Waals surface area contributed by atoms with E-state index in [9.17, 15) is 0 Å². The number of pyridine rings is 1. The molecule has 2 aromatic rings. The molecular weight excluding hydrogens is 316 g/mol. The molecule has 1 N–H and O–H groups in total. The number of anilines is 1. The Balaban J connectivity index is 2.48. The van der Waals surface area contributed by atoms with Gasteiger partial charge in [0.25, 0.3) is 0 Å². The van der Waals surface area contributed by atoms with Crippen molar-refractivity contribution in [3.63, 3.8) is 0 Å². The zero-order valence-corrected chi connectivity index (χ0v) is 12.4. The summed E-state index contributed by atoms with van der Waals surface area (Å²) in [7, 11) is 0. The van der Waals surface area contributed by atoms with Crippen molar-refractivity contribution in [3.8, 4) is 11.5 Å². The van der Waals surface area contributed by atoms with Crippen LogP contribution in [-0.2, 0) is 0 Å². The highest BCUT2D eigenvalue weighted by Gasteiger charge is 2.10. The summed E-state index contributed by atoms with van der Waals surface area (Å²) in [6, 6.07) is 3.58. The molecule has 0 aliphatic rings. The lowest BCUT2D eigenvalue weighted by Gasteiger charge is -2.09. The van der Waals surface area contributed by atoms with Gasteiger partial charge in [0.05, 0.1) is 15.2 Å². The lowest BCUT2D eigenvalue weighted by Crippen LogP contribution is -2.05. The van der Waals surface area contributed by atoms with E-state index in [1.54, 1.807) is 18.3 Å². The molecule has 0 bridgehead atoms. The molecule has 0 radical (unpaired) electrons.